The molecule has 1 atom stereocenters. The van der Waals surface area contributed by atoms with Gasteiger partial charge in [0.2, 0.25) is 0 Å². The SMILES string of the molecule is Cn1cc([C@@H]2CCCN2C(=O)c2ccc(CN3CCCC3)cc2)cn1. The molecule has 0 aliphatic carbocycles. The highest BCUT2D eigenvalue weighted by Crippen LogP contribution is 2.32. The van der Waals surface area contributed by atoms with Crippen molar-refractivity contribution < 1.29 is 4.79 Å². The lowest BCUT2D eigenvalue weighted by Gasteiger charge is -2.24. The highest BCUT2D eigenvalue weighted by Gasteiger charge is 2.31. The van der Waals surface area contributed by atoms with E-state index in [9.17, 15) is 4.79 Å². The lowest BCUT2D eigenvalue weighted by molar-refractivity contribution is 0.0735. The van der Waals surface area contributed by atoms with Gasteiger partial charge in [0.25, 0.3) is 5.91 Å². The number of nitrogens with zero attached hydrogens (tertiary/aromatic N) is 4. The number of aromatic nitrogens is 2. The Morgan fingerprint density at radius 3 is 2.56 bits per heavy atom. The van der Waals surface area contributed by atoms with E-state index >= 15 is 0 Å². The van der Waals surface area contributed by atoms with Gasteiger partial charge in [-0.15, -0.1) is 0 Å². The third kappa shape index (κ3) is 3.47. The Morgan fingerprint density at radius 2 is 1.88 bits per heavy atom. The Balaban J connectivity index is 1.46. The summed E-state index contributed by atoms with van der Waals surface area (Å²) in [6, 6.07) is 8.37. The average molecular weight is 338 g/mol. The highest BCUT2D eigenvalue weighted by atomic mass is 16.2. The summed E-state index contributed by atoms with van der Waals surface area (Å²) in [6.45, 7) is 4.22. The Hall–Kier alpha value is -2.14. The maximum absolute atomic E-state index is 13.0. The minimum Gasteiger partial charge on any atom is -0.331 e. The van der Waals surface area contributed by atoms with Crippen LogP contribution in [0.2, 0.25) is 0 Å². The molecule has 5 nitrogen and oxygen atoms in total. The number of benzene rings is 1. The van der Waals surface area contributed by atoms with Crippen LogP contribution >= 0.6 is 0 Å². The molecule has 132 valence electrons. The van der Waals surface area contributed by atoms with E-state index in [1.165, 1.54) is 31.5 Å². The summed E-state index contributed by atoms with van der Waals surface area (Å²) in [5, 5.41) is 4.26. The fourth-order valence-corrected chi connectivity index (χ4v) is 4.09. The van der Waals surface area contributed by atoms with Gasteiger partial charge in [0.1, 0.15) is 0 Å². The van der Waals surface area contributed by atoms with E-state index < -0.39 is 0 Å². The molecule has 0 radical (unpaired) electrons. The lowest BCUT2D eigenvalue weighted by atomic mass is 10.1. The second-order valence-corrected chi connectivity index (χ2v) is 7.28. The summed E-state index contributed by atoms with van der Waals surface area (Å²) in [6.07, 6.45) is 8.59. The van der Waals surface area contributed by atoms with Crippen LogP contribution in [0.15, 0.2) is 36.7 Å². The molecule has 4 rings (SSSR count). The monoisotopic (exact) mass is 338 g/mol. The third-order valence-electron chi connectivity index (χ3n) is 5.43. The first kappa shape index (κ1) is 16.3. The number of likely N-dealkylation sites (tertiary alicyclic amines) is 2. The Labute approximate surface area is 149 Å². The number of hydrogen-bond acceptors (Lipinski definition) is 3. The number of carbonyl (C=O) groups is 1. The van der Waals surface area contributed by atoms with Crippen LogP contribution in [-0.2, 0) is 13.6 Å². The molecule has 2 fully saturated rings. The molecule has 0 unspecified atom stereocenters. The van der Waals surface area contributed by atoms with Crippen molar-refractivity contribution in [2.75, 3.05) is 19.6 Å². The minimum absolute atomic E-state index is 0.138. The zero-order valence-electron chi connectivity index (χ0n) is 14.9. The Morgan fingerprint density at radius 1 is 1.12 bits per heavy atom. The predicted molar refractivity (Wildman–Crippen MR) is 97.2 cm³/mol. The van der Waals surface area contributed by atoms with E-state index in [4.69, 9.17) is 0 Å². The molecule has 2 aliphatic rings. The number of rotatable bonds is 4. The number of carbonyl (C=O) groups excluding carboxylic acids is 1. The molecule has 2 aliphatic heterocycles. The first-order valence-electron chi connectivity index (χ1n) is 9.31. The zero-order chi connectivity index (χ0) is 17.2. The van der Waals surface area contributed by atoms with Crippen molar-refractivity contribution in [2.24, 2.45) is 7.05 Å². The topological polar surface area (TPSA) is 41.4 Å². The molecule has 1 aromatic carbocycles. The quantitative estimate of drug-likeness (QED) is 0.860. The van der Waals surface area contributed by atoms with Crippen LogP contribution in [0.3, 0.4) is 0 Å². The van der Waals surface area contributed by atoms with E-state index in [1.807, 2.05) is 41.2 Å². The second kappa shape index (κ2) is 7.00. The molecule has 5 heteroatoms. The van der Waals surface area contributed by atoms with Crippen LogP contribution in [0.4, 0.5) is 0 Å². The molecule has 0 bridgehead atoms. The summed E-state index contributed by atoms with van der Waals surface area (Å²) >= 11 is 0. The molecule has 25 heavy (non-hydrogen) atoms. The van der Waals surface area contributed by atoms with Gasteiger partial charge in [-0.25, -0.2) is 0 Å². The minimum atomic E-state index is 0.138. The van der Waals surface area contributed by atoms with Crippen LogP contribution < -0.4 is 0 Å². The fourth-order valence-electron chi connectivity index (χ4n) is 4.09. The van der Waals surface area contributed by atoms with Gasteiger partial charge < -0.3 is 4.90 Å². The van der Waals surface area contributed by atoms with E-state index in [-0.39, 0.29) is 11.9 Å². The number of hydrogen-bond donors (Lipinski definition) is 0. The van der Waals surface area contributed by atoms with E-state index in [1.54, 1.807) is 0 Å². The van der Waals surface area contributed by atoms with Crippen LogP contribution in [0.25, 0.3) is 0 Å². The van der Waals surface area contributed by atoms with Gasteiger partial charge in [0, 0.05) is 37.5 Å². The molecular weight excluding hydrogens is 312 g/mol. The summed E-state index contributed by atoms with van der Waals surface area (Å²) in [7, 11) is 1.92. The third-order valence-corrected chi connectivity index (χ3v) is 5.43. The summed E-state index contributed by atoms with van der Waals surface area (Å²) in [4.78, 5) is 17.5. The molecule has 2 aromatic rings. The van der Waals surface area contributed by atoms with Crippen LogP contribution in [0.1, 0.15) is 53.2 Å². The van der Waals surface area contributed by atoms with Crippen molar-refractivity contribution in [3.63, 3.8) is 0 Å². The van der Waals surface area contributed by atoms with Crippen molar-refractivity contribution in [1.29, 1.82) is 0 Å². The van der Waals surface area contributed by atoms with Crippen LogP contribution in [0, 0.1) is 0 Å². The Kier molecular flexibility index (Phi) is 4.57. The molecule has 1 aromatic heterocycles. The first-order chi connectivity index (χ1) is 12.2. The predicted octanol–water partition coefficient (Wildman–Crippen LogP) is 2.99. The maximum Gasteiger partial charge on any atom is 0.254 e. The summed E-state index contributed by atoms with van der Waals surface area (Å²) in [5.41, 5.74) is 3.23. The molecule has 0 saturated carbocycles. The summed E-state index contributed by atoms with van der Waals surface area (Å²) in [5.74, 6) is 0.138. The molecule has 3 heterocycles. The standard InChI is InChI=1S/C20H26N4O/c1-22-15-18(13-21-22)19-5-4-12-24(19)20(25)17-8-6-16(7-9-17)14-23-10-2-3-11-23/h6-9,13,15,19H,2-5,10-12,14H2,1H3/t19-/m0/s1. The normalized spacial score (nSPS) is 21.2. The first-order valence-corrected chi connectivity index (χ1v) is 9.31. The van der Waals surface area contributed by atoms with Gasteiger partial charge in [0.15, 0.2) is 0 Å². The van der Waals surface area contributed by atoms with Gasteiger partial charge in [-0.05, 0) is 56.5 Å². The van der Waals surface area contributed by atoms with Gasteiger partial charge in [-0.3, -0.25) is 14.4 Å². The largest absolute Gasteiger partial charge is 0.331 e. The average Bonchev–Trinajstić information content (AvgIpc) is 3.36. The van der Waals surface area contributed by atoms with E-state index in [0.29, 0.717) is 0 Å². The molecular formula is C20H26N4O. The van der Waals surface area contributed by atoms with E-state index in [2.05, 4.69) is 22.1 Å². The van der Waals surface area contributed by atoms with Crippen molar-refractivity contribution in [1.82, 2.24) is 19.6 Å². The van der Waals surface area contributed by atoms with Crippen molar-refractivity contribution in [2.45, 2.75) is 38.3 Å². The molecule has 0 spiro atoms. The lowest BCUT2D eigenvalue weighted by Crippen LogP contribution is -2.30. The highest BCUT2D eigenvalue weighted by molar-refractivity contribution is 5.94. The fraction of sp³-hybridized carbons (Fsp3) is 0.500. The van der Waals surface area contributed by atoms with Crippen LogP contribution in [-0.4, -0.2) is 45.1 Å². The van der Waals surface area contributed by atoms with E-state index in [0.717, 1.165) is 37.1 Å². The molecule has 2 saturated heterocycles. The smallest absolute Gasteiger partial charge is 0.254 e. The van der Waals surface area contributed by atoms with Gasteiger partial charge >= 0.3 is 0 Å². The van der Waals surface area contributed by atoms with Crippen LogP contribution in [0.5, 0.6) is 0 Å². The molecule has 0 N–H and O–H groups in total. The van der Waals surface area contributed by atoms with Gasteiger partial charge in [-0.2, -0.15) is 5.10 Å². The zero-order valence-corrected chi connectivity index (χ0v) is 14.9. The van der Waals surface area contributed by atoms with Crippen molar-refractivity contribution >= 4 is 5.91 Å². The maximum atomic E-state index is 13.0. The molecule has 1 amide bonds. The second-order valence-electron chi connectivity index (χ2n) is 7.28. The Bertz CT molecular complexity index is 730. The number of aryl methyl sites for hydroxylation is 1. The van der Waals surface area contributed by atoms with Crippen molar-refractivity contribution in [3.05, 3.63) is 53.3 Å². The van der Waals surface area contributed by atoms with Crippen molar-refractivity contribution in [3.8, 4) is 0 Å². The number of amides is 1. The summed E-state index contributed by atoms with van der Waals surface area (Å²) < 4.78 is 1.81. The van der Waals surface area contributed by atoms with Gasteiger partial charge in [0.05, 0.1) is 12.2 Å². The van der Waals surface area contributed by atoms with Gasteiger partial charge in [-0.1, -0.05) is 12.1 Å².